The Labute approximate surface area is 145 Å². The van der Waals surface area contributed by atoms with Crippen LogP contribution < -0.4 is 5.32 Å². The Bertz CT molecular complexity index is 784. The minimum atomic E-state index is -0.869. The first-order valence-electron chi connectivity index (χ1n) is 8.25. The van der Waals surface area contributed by atoms with Crippen LogP contribution in [0.1, 0.15) is 30.5 Å². The Morgan fingerprint density at radius 1 is 1.33 bits per heavy atom. The Morgan fingerprint density at radius 2 is 2.08 bits per heavy atom. The summed E-state index contributed by atoms with van der Waals surface area (Å²) in [5, 5.41) is 13.8. The van der Waals surface area contributed by atoms with Gasteiger partial charge in [0, 0.05) is 23.1 Å². The molecule has 1 saturated carbocycles. The lowest BCUT2D eigenvalue weighted by Crippen LogP contribution is -2.36. The molecular formula is C18H21ClN2O3. The lowest BCUT2D eigenvalue weighted by Gasteiger charge is -2.15. The van der Waals surface area contributed by atoms with Gasteiger partial charge in [0.15, 0.2) is 0 Å². The van der Waals surface area contributed by atoms with E-state index in [2.05, 4.69) is 10.3 Å². The van der Waals surface area contributed by atoms with Crippen LogP contribution in [-0.4, -0.2) is 28.5 Å². The van der Waals surface area contributed by atoms with Gasteiger partial charge in [0.1, 0.15) is 0 Å². The predicted octanol–water partition coefficient (Wildman–Crippen LogP) is 3.29. The zero-order valence-corrected chi connectivity index (χ0v) is 14.3. The number of benzene rings is 1. The first-order valence-corrected chi connectivity index (χ1v) is 8.63. The van der Waals surface area contributed by atoms with Gasteiger partial charge < -0.3 is 15.4 Å². The number of halogens is 1. The minimum Gasteiger partial charge on any atom is -0.481 e. The number of aryl methyl sites for hydroxylation is 1. The molecule has 2 aromatic rings. The SMILES string of the molecule is Cc1[nH]c2cccc(Cl)c2c1CCNC(=O)[C@@H]1CCC[C@@H]1C(=O)O. The lowest BCUT2D eigenvalue weighted by molar-refractivity contribution is -0.146. The zero-order valence-electron chi connectivity index (χ0n) is 13.6. The number of rotatable bonds is 5. The van der Waals surface area contributed by atoms with Gasteiger partial charge in [0.05, 0.1) is 16.9 Å². The molecule has 2 atom stereocenters. The number of amides is 1. The van der Waals surface area contributed by atoms with E-state index in [1.807, 2.05) is 25.1 Å². The summed E-state index contributed by atoms with van der Waals surface area (Å²) < 4.78 is 0. The van der Waals surface area contributed by atoms with Crippen LogP contribution in [0.15, 0.2) is 18.2 Å². The van der Waals surface area contributed by atoms with Crippen molar-refractivity contribution in [3.05, 3.63) is 34.5 Å². The van der Waals surface area contributed by atoms with Crippen LogP contribution in [0.2, 0.25) is 5.02 Å². The highest BCUT2D eigenvalue weighted by Crippen LogP contribution is 2.32. The molecule has 1 heterocycles. The first kappa shape index (κ1) is 16.8. The summed E-state index contributed by atoms with van der Waals surface area (Å²) in [6.45, 7) is 2.46. The van der Waals surface area contributed by atoms with E-state index in [4.69, 9.17) is 11.6 Å². The molecule has 3 rings (SSSR count). The normalized spacial score (nSPS) is 20.4. The molecule has 3 N–H and O–H groups in total. The van der Waals surface area contributed by atoms with E-state index in [1.54, 1.807) is 0 Å². The highest BCUT2D eigenvalue weighted by molar-refractivity contribution is 6.35. The third-order valence-electron chi connectivity index (χ3n) is 4.93. The molecule has 5 nitrogen and oxygen atoms in total. The van der Waals surface area contributed by atoms with Crippen LogP contribution in [0, 0.1) is 18.8 Å². The van der Waals surface area contributed by atoms with Crippen LogP contribution >= 0.6 is 11.6 Å². The molecule has 1 aromatic carbocycles. The summed E-state index contributed by atoms with van der Waals surface area (Å²) in [4.78, 5) is 26.8. The fourth-order valence-electron chi connectivity index (χ4n) is 3.72. The van der Waals surface area contributed by atoms with Crippen molar-refractivity contribution < 1.29 is 14.7 Å². The molecule has 24 heavy (non-hydrogen) atoms. The highest BCUT2D eigenvalue weighted by atomic mass is 35.5. The van der Waals surface area contributed by atoms with Crippen LogP contribution in [0.5, 0.6) is 0 Å². The highest BCUT2D eigenvalue weighted by Gasteiger charge is 2.37. The number of carboxylic acid groups (broad SMARTS) is 1. The molecule has 0 bridgehead atoms. The Morgan fingerprint density at radius 3 is 2.83 bits per heavy atom. The van der Waals surface area contributed by atoms with E-state index in [0.29, 0.717) is 30.8 Å². The average Bonchev–Trinajstić information content (AvgIpc) is 3.13. The van der Waals surface area contributed by atoms with Gasteiger partial charge in [-0.1, -0.05) is 24.1 Å². The summed E-state index contributed by atoms with van der Waals surface area (Å²) in [6.07, 6.45) is 2.70. The summed E-state index contributed by atoms with van der Waals surface area (Å²) in [5.41, 5.74) is 3.12. The van der Waals surface area contributed by atoms with Crippen LogP contribution in [0.25, 0.3) is 10.9 Å². The molecule has 6 heteroatoms. The molecule has 0 aliphatic heterocycles. The number of carbonyl (C=O) groups excluding carboxylic acids is 1. The maximum atomic E-state index is 12.3. The smallest absolute Gasteiger partial charge is 0.307 e. The van der Waals surface area contributed by atoms with Crippen LogP contribution in [0.4, 0.5) is 0 Å². The molecule has 0 saturated heterocycles. The van der Waals surface area contributed by atoms with Crippen molar-refractivity contribution in [1.82, 2.24) is 10.3 Å². The van der Waals surface area contributed by atoms with Crippen LogP contribution in [-0.2, 0) is 16.0 Å². The fraction of sp³-hybridized carbons (Fsp3) is 0.444. The molecule has 1 fully saturated rings. The van der Waals surface area contributed by atoms with Crippen molar-refractivity contribution in [1.29, 1.82) is 0 Å². The number of H-pyrrole nitrogens is 1. The second kappa shape index (κ2) is 6.85. The van der Waals surface area contributed by atoms with Crippen molar-refractivity contribution in [2.75, 3.05) is 6.54 Å². The molecule has 128 valence electrons. The molecule has 0 unspecified atom stereocenters. The third kappa shape index (κ3) is 3.13. The molecule has 1 aromatic heterocycles. The van der Waals surface area contributed by atoms with E-state index in [9.17, 15) is 14.7 Å². The number of fused-ring (bicyclic) bond motifs is 1. The van der Waals surface area contributed by atoms with E-state index in [1.165, 1.54) is 0 Å². The van der Waals surface area contributed by atoms with Gasteiger partial charge in [-0.25, -0.2) is 0 Å². The fourth-order valence-corrected chi connectivity index (χ4v) is 4.01. The van der Waals surface area contributed by atoms with Gasteiger partial charge in [-0.05, 0) is 43.9 Å². The van der Waals surface area contributed by atoms with Crippen molar-refractivity contribution >= 4 is 34.4 Å². The first-order chi connectivity index (χ1) is 11.5. The summed E-state index contributed by atoms with van der Waals surface area (Å²) in [6, 6.07) is 5.74. The lowest BCUT2D eigenvalue weighted by atomic mass is 9.95. The number of aromatic amines is 1. The minimum absolute atomic E-state index is 0.150. The number of nitrogens with one attached hydrogen (secondary N) is 2. The number of hydrogen-bond acceptors (Lipinski definition) is 2. The van der Waals surface area contributed by atoms with E-state index >= 15 is 0 Å². The molecule has 1 amide bonds. The zero-order chi connectivity index (χ0) is 17.3. The molecule has 1 aliphatic carbocycles. The number of aromatic nitrogens is 1. The van der Waals surface area contributed by atoms with Gasteiger partial charge in [0.25, 0.3) is 0 Å². The van der Waals surface area contributed by atoms with Gasteiger partial charge in [0.2, 0.25) is 5.91 Å². The standard InChI is InChI=1S/C18H21ClN2O3/c1-10-11(16-14(19)6-3-7-15(16)21-10)8-9-20-17(22)12-4-2-5-13(12)18(23)24/h3,6-7,12-13,21H,2,4-5,8-9H2,1H3,(H,20,22)(H,23,24)/t12-,13+/m1/s1. The number of hydrogen-bond donors (Lipinski definition) is 3. The monoisotopic (exact) mass is 348 g/mol. The topological polar surface area (TPSA) is 82.2 Å². The summed E-state index contributed by atoms with van der Waals surface area (Å²) in [5.74, 6) is -1.97. The molecule has 0 radical (unpaired) electrons. The number of carbonyl (C=O) groups is 2. The van der Waals surface area contributed by atoms with Gasteiger partial charge in [-0.15, -0.1) is 0 Å². The number of carboxylic acids is 1. The van der Waals surface area contributed by atoms with E-state index < -0.39 is 17.8 Å². The summed E-state index contributed by atoms with van der Waals surface area (Å²) >= 11 is 6.30. The predicted molar refractivity (Wildman–Crippen MR) is 93.2 cm³/mol. The van der Waals surface area contributed by atoms with Crippen molar-refractivity contribution in [3.8, 4) is 0 Å². The summed E-state index contributed by atoms with van der Waals surface area (Å²) in [7, 11) is 0. The van der Waals surface area contributed by atoms with Gasteiger partial charge in [-0.2, -0.15) is 0 Å². The second-order valence-corrected chi connectivity index (χ2v) is 6.82. The van der Waals surface area contributed by atoms with E-state index in [0.717, 1.165) is 28.6 Å². The van der Waals surface area contributed by atoms with Gasteiger partial charge >= 0.3 is 5.97 Å². The molecule has 0 spiro atoms. The number of aliphatic carboxylic acids is 1. The largest absolute Gasteiger partial charge is 0.481 e. The average molecular weight is 349 g/mol. The van der Waals surface area contributed by atoms with E-state index in [-0.39, 0.29) is 5.91 Å². The van der Waals surface area contributed by atoms with Crippen molar-refractivity contribution in [2.45, 2.75) is 32.6 Å². The van der Waals surface area contributed by atoms with Crippen molar-refractivity contribution in [3.63, 3.8) is 0 Å². The third-order valence-corrected chi connectivity index (χ3v) is 5.25. The maximum absolute atomic E-state index is 12.3. The molecule has 1 aliphatic rings. The van der Waals surface area contributed by atoms with Crippen LogP contribution in [0.3, 0.4) is 0 Å². The molecular weight excluding hydrogens is 328 g/mol. The maximum Gasteiger partial charge on any atom is 0.307 e. The Balaban J connectivity index is 1.66. The van der Waals surface area contributed by atoms with Crippen molar-refractivity contribution in [2.24, 2.45) is 11.8 Å². The van der Waals surface area contributed by atoms with Gasteiger partial charge in [-0.3, -0.25) is 9.59 Å². The Hall–Kier alpha value is -2.01. The Kier molecular flexibility index (Phi) is 4.81. The second-order valence-electron chi connectivity index (χ2n) is 6.41. The quantitative estimate of drug-likeness (QED) is 0.775.